The van der Waals surface area contributed by atoms with Gasteiger partial charge >= 0.3 is 0 Å². The minimum Gasteiger partial charge on any atom is -0.391 e. The molecule has 0 amide bonds. The smallest absolute Gasteiger partial charge is 0.151 e. The molecule has 3 rings (SSSR count). The summed E-state index contributed by atoms with van der Waals surface area (Å²) in [6.07, 6.45) is 3.21. The molecular weight excluding hydrogens is 286 g/mol. The molecule has 4 N–H and O–H groups in total. The van der Waals surface area contributed by atoms with Gasteiger partial charge in [0.2, 0.25) is 0 Å². The first-order valence-corrected chi connectivity index (χ1v) is 8.39. The zero-order valence-corrected chi connectivity index (χ0v) is 12.9. The van der Waals surface area contributed by atoms with Crippen molar-refractivity contribution in [1.82, 2.24) is 19.9 Å². The van der Waals surface area contributed by atoms with Crippen LogP contribution in [0.3, 0.4) is 0 Å². The molecule has 0 spiro atoms. The van der Waals surface area contributed by atoms with Gasteiger partial charge in [0, 0.05) is 37.3 Å². The number of likely N-dealkylation sites (tertiary alicyclic amines) is 1. The Morgan fingerprint density at radius 3 is 3.14 bits per heavy atom. The summed E-state index contributed by atoms with van der Waals surface area (Å²) in [4.78, 5) is 13.7. The number of aliphatic hydroxyl groups is 1. The predicted molar refractivity (Wildman–Crippen MR) is 86.1 cm³/mol. The van der Waals surface area contributed by atoms with Gasteiger partial charge in [0.25, 0.3) is 0 Å². The predicted octanol–water partition coefficient (Wildman–Crippen LogP) is 1.09. The number of H-pyrrole nitrogens is 1. The van der Waals surface area contributed by atoms with Crippen molar-refractivity contribution in [3.63, 3.8) is 0 Å². The monoisotopic (exact) mass is 307 g/mol. The zero-order chi connectivity index (χ0) is 14.8. The van der Waals surface area contributed by atoms with Crippen LogP contribution in [0.25, 0.3) is 11.0 Å². The van der Waals surface area contributed by atoms with Gasteiger partial charge in [-0.1, -0.05) is 6.92 Å². The number of aromatic nitrogens is 3. The number of fused-ring (bicyclic) bond motifs is 1. The lowest BCUT2D eigenvalue weighted by atomic mass is 10.1. The van der Waals surface area contributed by atoms with Gasteiger partial charge in [-0.15, -0.1) is 0 Å². The molecule has 0 saturated carbocycles. The number of aromatic amines is 1. The van der Waals surface area contributed by atoms with E-state index >= 15 is 0 Å². The second kappa shape index (κ2) is 6.21. The van der Waals surface area contributed by atoms with Crippen LogP contribution in [0.4, 0.5) is 5.82 Å². The highest BCUT2D eigenvalue weighted by molar-refractivity contribution is 7.99. The molecule has 7 heteroatoms. The molecule has 2 atom stereocenters. The third-order valence-electron chi connectivity index (χ3n) is 3.98. The first kappa shape index (κ1) is 14.6. The highest BCUT2D eigenvalue weighted by Crippen LogP contribution is 2.25. The number of thioether (sulfide) groups is 1. The van der Waals surface area contributed by atoms with Crippen LogP contribution in [0.5, 0.6) is 0 Å². The van der Waals surface area contributed by atoms with Crippen LogP contribution in [0.15, 0.2) is 12.5 Å². The molecule has 21 heavy (non-hydrogen) atoms. The molecule has 3 heterocycles. The molecule has 2 aromatic heterocycles. The summed E-state index contributed by atoms with van der Waals surface area (Å²) in [5.74, 6) is 2.96. The Bertz CT molecular complexity index is 616. The van der Waals surface area contributed by atoms with Crippen LogP contribution in [-0.2, 0) is 6.54 Å². The molecule has 2 aromatic rings. The Labute approximate surface area is 128 Å². The van der Waals surface area contributed by atoms with E-state index in [0.717, 1.165) is 47.7 Å². The first-order valence-electron chi connectivity index (χ1n) is 7.23. The number of hydrogen-bond donors (Lipinski definition) is 3. The van der Waals surface area contributed by atoms with E-state index in [1.54, 1.807) is 0 Å². The number of aliphatic hydroxyl groups excluding tert-OH is 1. The molecule has 1 aliphatic heterocycles. The van der Waals surface area contributed by atoms with Gasteiger partial charge in [-0.2, -0.15) is 11.8 Å². The SMILES string of the molecule is CCSCC1CN(Cc2c[nH]c3c(N)ncnc23)C[C@H]1O. The molecular formula is C14H21N5OS. The number of nitrogens with zero attached hydrogens (tertiary/aromatic N) is 3. The fourth-order valence-electron chi connectivity index (χ4n) is 2.88. The minimum atomic E-state index is -0.228. The summed E-state index contributed by atoms with van der Waals surface area (Å²) < 4.78 is 0. The topological polar surface area (TPSA) is 91.1 Å². The summed E-state index contributed by atoms with van der Waals surface area (Å²) >= 11 is 1.89. The largest absolute Gasteiger partial charge is 0.391 e. The second-order valence-electron chi connectivity index (χ2n) is 5.48. The Kier molecular flexibility index (Phi) is 4.32. The van der Waals surface area contributed by atoms with Gasteiger partial charge in [0.05, 0.1) is 11.6 Å². The summed E-state index contributed by atoms with van der Waals surface area (Å²) in [6.45, 7) is 4.59. The maximum absolute atomic E-state index is 10.2. The molecule has 1 fully saturated rings. The number of β-amino-alcohol motifs (C(OH)–C–C–N with tert-alkyl or cyclic N) is 1. The van der Waals surface area contributed by atoms with Gasteiger partial charge in [-0.05, 0) is 11.5 Å². The lowest BCUT2D eigenvalue weighted by molar-refractivity contribution is 0.149. The van der Waals surface area contributed by atoms with Crippen molar-refractivity contribution in [1.29, 1.82) is 0 Å². The summed E-state index contributed by atoms with van der Waals surface area (Å²) in [7, 11) is 0. The van der Waals surface area contributed by atoms with Crippen molar-refractivity contribution in [3.05, 3.63) is 18.1 Å². The van der Waals surface area contributed by atoms with Crippen molar-refractivity contribution >= 4 is 28.6 Å². The molecule has 0 bridgehead atoms. The van der Waals surface area contributed by atoms with Crippen molar-refractivity contribution in [2.75, 3.05) is 30.3 Å². The molecule has 114 valence electrons. The average Bonchev–Trinajstić information content (AvgIpc) is 3.02. The maximum atomic E-state index is 10.2. The zero-order valence-electron chi connectivity index (χ0n) is 12.1. The molecule has 6 nitrogen and oxygen atoms in total. The standard InChI is InChI=1S/C14H21N5OS/c1-2-21-7-10-5-19(6-11(10)20)4-9-3-16-13-12(9)17-8-18-14(13)15/h3,8,10-11,16,20H,2,4-7H2,1H3,(H2,15,17,18)/t10?,11-/m1/s1. The number of nitrogens with two attached hydrogens (primary N) is 1. The van der Waals surface area contributed by atoms with Crippen LogP contribution in [0.2, 0.25) is 0 Å². The molecule has 0 aromatic carbocycles. The summed E-state index contributed by atoms with van der Waals surface area (Å²) in [5, 5.41) is 10.2. The van der Waals surface area contributed by atoms with Gasteiger partial charge in [-0.3, -0.25) is 4.90 Å². The van der Waals surface area contributed by atoms with Gasteiger partial charge in [-0.25, -0.2) is 9.97 Å². The number of hydrogen-bond acceptors (Lipinski definition) is 6. The van der Waals surface area contributed by atoms with Crippen LogP contribution in [-0.4, -0.2) is 55.7 Å². The van der Waals surface area contributed by atoms with E-state index < -0.39 is 0 Å². The van der Waals surface area contributed by atoms with Crippen molar-refractivity contribution in [3.8, 4) is 0 Å². The Morgan fingerprint density at radius 1 is 1.48 bits per heavy atom. The van der Waals surface area contributed by atoms with E-state index in [2.05, 4.69) is 26.8 Å². The number of rotatable bonds is 5. The number of nitrogens with one attached hydrogen (secondary N) is 1. The van der Waals surface area contributed by atoms with Gasteiger partial charge in [0.15, 0.2) is 5.82 Å². The first-order chi connectivity index (χ1) is 10.2. The van der Waals surface area contributed by atoms with Gasteiger partial charge in [0.1, 0.15) is 11.8 Å². The molecule has 1 saturated heterocycles. The highest BCUT2D eigenvalue weighted by atomic mass is 32.2. The van der Waals surface area contributed by atoms with Crippen molar-refractivity contribution in [2.24, 2.45) is 5.92 Å². The second-order valence-corrected chi connectivity index (χ2v) is 6.80. The fourth-order valence-corrected chi connectivity index (χ4v) is 3.74. The van der Waals surface area contributed by atoms with E-state index in [0.29, 0.717) is 11.7 Å². The highest BCUT2D eigenvalue weighted by Gasteiger charge is 2.31. The van der Waals surface area contributed by atoms with Crippen molar-refractivity contribution in [2.45, 2.75) is 19.6 Å². The fraction of sp³-hybridized carbons (Fsp3) is 0.571. The average molecular weight is 307 g/mol. The van der Waals surface area contributed by atoms with Crippen LogP contribution in [0, 0.1) is 5.92 Å². The normalized spacial score (nSPS) is 23.1. The number of nitrogen functional groups attached to an aromatic ring is 1. The number of anilines is 1. The lowest BCUT2D eigenvalue weighted by Gasteiger charge is -2.14. The van der Waals surface area contributed by atoms with E-state index in [4.69, 9.17) is 5.73 Å². The van der Waals surface area contributed by atoms with Crippen LogP contribution in [0.1, 0.15) is 12.5 Å². The quantitative estimate of drug-likeness (QED) is 0.766. The van der Waals surface area contributed by atoms with Crippen LogP contribution < -0.4 is 5.73 Å². The summed E-state index contributed by atoms with van der Waals surface area (Å²) in [5.41, 5.74) is 8.62. The Hall–Kier alpha value is -1.31. The Morgan fingerprint density at radius 2 is 2.33 bits per heavy atom. The summed E-state index contributed by atoms with van der Waals surface area (Å²) in [6, 6.07) is 0. The van der Waals surface area contributed by atoms with E-state index in [1.807, 2.05) is 18.0 Å². The van der Waals surface area contributed by atoms with E-state index in [-0.39, 0.29) is 6.10 Å². The maximum Gasteiger partial charge on any atom is 0.151 e. The lowest BCUT2D eigenvalue weighted by Crippen LogP contribution is -2.21. The minimum absolute atomic E-state index is 0.228. The molecule has 0 aliphatic carbocycles. The molecule has 1 aliphatic rings. The van der Waals surface area contributed by atoms with Gasteiger partial charge < -0.3 is 15.8 Å². The Balaban J connectivity index is 1.70. The van der Waals surface area contributed by atoms with E-state index in [1.165, 1.54) is 6.33 Å². The van der Waals surface area contributed by atoms with Crippen molar-refractivity contribution < 1.29 is 5.11 Å². The molecule has 1 unspecified atom stereocenters. The third-order valence-corrected chi connectivity index (χ3v) is 5.06. The van der Waals surface area contributed by atoms with E-state index in [9.17, 15) is 5.11 Å². The van der Waals surface area contributed by atoms with Crippen LogP contribution >= 0.6 is 11.8 Å². The molecule has 0 radical (unpaired) electrons. The third kappa shape index (κ3) is 3.00.